The van der Waals surface area contributed by atoms with Crippen LogP contribution in [0, 0.1) is 0 Å². The Balaban J connectivity index is 2.57. The fourth-order valence-corrected chi connectivity index (χ4v) is 1.29. The molecule has 0 heterocycles. The average Bonchev–Trinajstić information content (AvgIpc) is 2.41. The number of benzene rings is 1. The topological polar surface area (TPSA) is 66.8 Å². The van der Waals surface area contributed by atoms with Gasteiger partial charge < -0.3 is 9.84 Å². The second kappa shape index (κ2) is 7.71. The highest BCUT2D eigenvalue weighted by atomic mass is 16.6. The molecule has 0 atom stereocenters. The Labute approximate surface area is 111 Å². The maximum absolute atomic E-state index is 11.7. The predicted octanol–water partition coefficient (Wildman–Crippen LogP) is 2.41. The molecule has 1 aromatic carbocycles. The summed E-state index contributed by atoms with van der Waals surface area (Å²) in [5.74, 6) is -1.13. The Kier molecular flexibility index (Phi) is 5.88. The van der Waals surface area contributed by atoms with E-state index in [4.69, 9.17) is 9.84 Å². The highest BCUT2D eigenvalue weighted by molar-refractivity contribution is 5.80. The molecule has 5 nitrogen and oxygen atoms in total. The predicted molar refractivity (Wildman–Crippen MR) is 70.3 cm³/mol. The molecule has 1 aromatic rings. The van der Waals surface area contributed by atoms with Gasteiger partial charge in [0.2, 0.25) is 0 Å². The van der Waals surface area contributed by atoms with Crippen molar-refractivity contribution < 1.29 is 19.4 Å². The van der Waals surface area contributed by atoms with E-state index in [0.29, 0.717) is 0 Å². The summed E-state index contributed by atoms with van der Waals surface area (Å²) in [6.07, 6.45) is 2.88. The number of hydrogen-bond donors (Lipinski definition) is 1. The van der Waals surface area contributed by atoms with Crippen LogP contribution in [0.4, 0.5) is 4.79 Å². The summed E-state index contributed by atoms with van der Waals surface area (Å²) >= 11 is 0. The molecular weight excluding hydrogens is 246 g/mol. The third kappa shape index (κ3) is 5.54. The molecule has 0 aliphatic rings. The second-order valence-corrected chi connectivity index (χ2v) is 3.64. The average molecular weight is 261 g/mol. The van der Waals surface area contributed by atoms with E-state index in [1.165, 1.54) is 6.08 Å². The lowest BCUT2D eigenvalue weighted by molar-refractivity contribution is -0.131. The first kappa shape index (κ1) is 14.5. The van der Waals surface area contributed by atoms with Gasteiger partial charge in [-0.15, -0.1) is 6.58 Å². The maximum atomic E-state index is 11.7. The second-order valence-electron chi connectivity index (χ2n) is 3.64. The van der Waals surface area contributed by atoms with Gasteiger partial charge in [-0.3, -0.25) is 4.90 Å². The molecule has 0 bridgehead atoms. The number of aliphatic carboxylic acids is 1. The minimum absolute atomic E-state index is 0.133. The number of carbonyl (C=O) groups is 2. The molecule has 1 N–H and O–H groups in total. The lowest BCUT2D eigenvalue weighted by Gasteiger charge is -2.15. The Bertz CT molecular complexity index is 468. The van der Waals surface area contributed by atoms with Gasteiger partial charge in [0.05, 0.1) is 0 Å². The van der Waals surface area contributed by atoms with E-state index in [1.807, 2.05) is 30.3 Å². The van der Waals surface area contributed by atoms with Gasteiger partial charge in [0, 0.05) is 18.8 Å². The summed E-state index contributed by atoms with van der Waals surface area (Å²) in [5.41, 5.74) is 0.858. The molecule has 0 unspecified atom stereocenters. The number of carboxylic acid groups (broad SMARTS) is 1. The number of hydrogen-bond acceptors (Lipinski definition) is 3. The summed E-state index contributed by atoms with van der Waals surface area (Å²) in [6.45, 7) is 3.81. The number of carbonyl (C=O) groups excluding carboxylic acids is 1. The molecule has 100 valence electrons. The van der Waals surface area contributed by atoms with Crippen LogP contribution in [-0.4, -0.2) is 28.6 Å². The maximum Gasteiger partial charge on any atom is 0.414 e. The zero-order valence-corrected chi connectivity index (χ0v) is 10.4. The monoisotopic (exact) mass is 261 g/mol. The Hall–Kier alpha value is -2.56. The van der Waals surface area contributed by atoms with Crippen LogP contribution in [0.5, 0.6) is 0 Å². The van der Waals surface area contributed by atoms with Crippen LogP contribution in [0.15, 0.2) is 55.3 Å². The number of nitrogens with zero attached hydrogens (tertiary/aromatic N) is 1. The molecule has 19 heavy (non-hydrogen) atoms. The van der Waals surface area contributed by atoms with Crippen LogP contribution in [0.3, 0.4) is 0 Å². The highest BCUT2D eigenvalue weighted by Crippen LogP contribution is 2.04. The Morgan fingerprint density at radius 3 is 2.58 bits per heavy atom. The fourth-order valence-electron chi connectivity index (χ4n) is 1.29. The van der Waals surface area contributed by atoms with Crippen molar-refractivity contribution in [1.29, 1.82) is 0 Å². The van der Waals surface area contributed by atoms with Gasteiger partial charge in [0.1, 0.15) is 6.61 Å². The largest absolute Gasteiger partial charge is 0.478 e. The van der Waals surface area contributed by atoms with Crippen molar-refractivity contribution >= 4 is 12.1 Å². The first-order valence-corrected chi connectivity index (χ1v) is 5.63. The van der Waals surface area contributed by atoms with E-state index < -0.39 is 12.1 Å². The molecule has 0 saturated heterocycles. The molecule has 0 aliphatic heterocycles. The quantitative estimate of drug-likeness (QED) is 0.630. The van der Waals surface area contributed by atoms with Gasteiger partial charge in [-0.1, -0.05) is 36.4 Å². The van der Waals surface area contributed by atoms with Crippen LogP contribution >= 0.6 is 0 Å². The summed E-state index contributed by atoms with van der Waals surface area (Å²) in [4.78, 5) is 23.3. The lowest BCUT2D eigenvalue weighted by atomic mass is 10.2. The molecule has 0 radical (unpaired) electrons. The molecule has 0 fully saturated rings. The molecule has 0 saturated carbocycles. The first-order valence-electron chi connectivity index (χ1n) is 5.63. The molecule has 1 rings (SSSR count). The number of amides is 1. The summed E-state index contributed by atoms with van der Waals surface area (Å²) in [5, 5.41) is 8.53. The van der Waals surface area contributed by atoms with Crippen molar-refractivity contribution in [2.75, 3.05) is 6.54 Å². The lowest BCUT2D eigenvalue weighted by Crippen LogP contribution is -2.26. The Morgan fingerprint density at radius 1 is 1.32 bits per heavy atom. The van der Waals surface area contributed by atoms with E-state index >= 15 is 0 Å². The zero-order valence-electron chi connectivity index (χ0n) is 10.4. The molecular formula is C14H15NO4. The van der Waals surface area contributed by atoms with Crippen molar-refractivity contribution in [3.05, 3.63) is 60.8 Å². The third-order valence-electron chi connectivity index (χ3n) is 2.16. The van der Waals surface area contributed by atoms with Crippen LogP contribution in [-0.2, 0) is 16.1 Å². The minimum Gasteiger partial charge on any atom is -0.478 e. The SMILES string of the molecule is C=CCN(C=CC(=O)O)C(=O)OCc1ccccc1. The highest BCUT2D eigenvalue weighted by Gasteiger charge is 2.11. The normalized spacial score (nSPS) is 10.1. The van der Waals surface area contributed by atoms with Crippen molar-refractivity contribution in [2.24, 2.45) is 0 Å². The van der Waals surface area contributed by atoms with Gasteiger partial charge in [0.25, 0.3) is 0 Å². The third-order valence-corrected chi connectivity index (χ3v) is 2.16. The molecule has 1 amide bonds. The van der Waals surface area contributed by atoms with Gasteiger partial charge in [0.15, 0.2) is 0 Å². The van der Waals surface area contributed by atoms with Crippen LogP contribution in [0.1, 0.15) is 5.56 Å². The summed E-state index contributed by atoms with van der Waals surface area (Å²) in [6, 6.07) is 9.21. The standard InChI is InChI=1S/C14H15NO4/c1-2-9-15(10-8-13(16)17)14(18)19-11-12-6-4-3-5-7-12/h2-8,10H,1,9,11H2,(H,16,17). The van der Waals surface area contributed by atoms with E-state index in [2.05, 4.69) is 6.58 Å². The van der Waals surface area contributed by atoms with Crippen molar-refractivity contribution in [2.45, 2.75) is 6.61 Å². The smallest absolute Gasteiger partial charge is 0.414 e. The van der Waals surface area contributed by atoms with Crippen molar-refractivity contribution in [3.8, 4) is 0 Å². The first-order chi connectivity index (χ1) is 9.13. The van der Waals surface area contributed by atoms with E-state index in [-0.39, 0.29) is 13.2 Å². The Morgan fingerprint density at radius 2 is 2.00 bits per heavy atom. The molecule has 0 aromatic heterocycles. The number of ether oxygens (including phenoxy) is 1. The minimum atomic E-state index is -1.13. The summed E-state index contributed by atoms with van der Waals surface area (Å²) in [7, 11) is 0. The molecule has 0 aliphatic carbocycles. The van der Waals surface area contributed by atoms with Crippen LogP contribution in [0.2, 0.25) is 0 Å². The fraction of sp³-hybridized carbons (Fsp3) is 0.143. The zero-order chi connectivity index (χ0) is 14.1. The van der Waals surface area contributed by atoms with E-state index in [1.54, 1.807) is 0 Å². The van der Waals surface area contributed by atoms with Crippen LogP contribution < -0.4 is 0 Å². The van der Waals surface area contributed by atoms with Gasteiger partial charge in [-0.05, 0) is 5.56 Å². The molecule has 5 heteroatoms. The number of rotatable bonds is 6. The molecule has 0 spiro atoms. The van der Waals surface area contributed by atoms with Gasteiger partial charge in [-0.25, -0.2) is 9.59 Å². The summed E-state index contributed by atoms with van der Waals surface area (Å²) < 4.78 is 5.07. The van der Waals surface area contributed by atoms with Crippen molar-refractivity contribution in [1.82, 2.24) is 4.90 Å². The van der Waals surface area contributed by atoms with E-state index in [0.717, 1.165) is 22.7 Å². The van der Waals surface area contributed by atoms with Gasteiger partial charge >= 0.3 is 12.1 Å². The van der Waals surface area contributed by atoms with Gasteiger partial charge in [-0.2, -0.15) is 0 Å². The number of carboxylic acids is 1. The van der Waals surface area contributed by atoms with Crippen LogP contribution in [0.25, 0.3) is 0 Å². The van der Waals surface area contributed by atoms with Crippen molar-refractivity contribution in [3.63, 3.8) is 0 Å². The van der Waals surface area contributed by atoms with E-state index in [9.17, 15) is 9.59 Å².